The maximum Gasteiger partial charge on any atom is 0.325 e. The number of nitrogens with zero attached hydrogens (tertiary/aromatic N) is 3. The lowest BCUT2D eigenvalue weighted by Gasteiger charge is -2.16. The molecule has 1 aliphatic heterocycles. The van der Waals surface area contributed by atoms with Gasteiger partial charge in [-0.25, -0.2) is 4.79 Å². The van der Waals surface area contributed by atoms with Gasteiger partial charge in [0.05, 0.1) is 17.9 Å². The Kier molecular flexibility index (Phi) is 4.32. The third kappa shape index (κ3) is 2.89. The first-order valence-corrected chi connectivity index (χ1v) is 7.23. The van der Waals surface area contributed by atoms with Crippen molar-refractivity contribution in [1.29, 1.82) is 0 Å². The van der Waals surface area contributed by atoms with Gasteiger partial charge >= 0.3 is 5.69 Å². The molecule has 2 aromatic heterocycles. The lowest BCUT2D eigenvalue weighted by Crippen LogP contribution is -2.35. The maximum atomic E-state index is 12.2. The van der Waals surface area contributed by atoms with Gasteiger partial charge < -0.3 is 25.0 Å². The predicted octanol–water partition coefficient (Wildman–Crippen LogP) is -3.06. The molecule has 3 rings (SSSR count). The molecule has 1 fully saturated rings. The van der Waals surface area contributed by atoms with E-state index < -0.39 is 42.3 Å². The zero-order chi connectivity index (χ0) is 17.4. The third-order valence-corrected chi connectivity index (χ3v) is 3.90. The van der Waals surface area contributed by atoms with Crippen molar-refractivity contribution in [2.24, 2.45) is 7.05 Å². The van der Waals surface area contributed by atoms with E-state index in [1.54, 1.807) is 13.2 Å². The number of aryl methyl sites for hydroxylation is 1. The van der Waals surface area contributed by atoms with Crippen LogP contribution in [0.2, 0.25) is 0 Å². The largest absolute Gasteiger partial charge is 0.394 e. The molecule has 24 heavy (non-hydrogen) atoms. The van der Waals surface area contributed by atoms with Crippen LogP contribution in [0.5, 0.6) is 0 Å². The summed E-state index contributed by atoms with van der Waals surface area (Å²) < 4.78 is 6.86. The fourth-order valence-corrected chi connectivity index (χ4v) is 2.78. The molecule has 2 aromatic rings. The van der Waals surface area contributed by atoms with Crippen molar-refractivity contribution in [3.8, 4) is 0 Å². The molecule has 5 N–H and O–H groups in total. The Balaban J connectivity index is 2.04. The minimum atomic E-state index is -1.42. The molecule has 3 heterocycles. The van der Waals surface area contributed by atoms with E-state index in [1.807, 2.05) is 0 Å². The monoisotopic (exact) mass is 339 g/mol. The molecule has 0 bridgehead atoms. The zero-order valence-corrected chi connectivity index (χ0v) is 12.7. The van der Waals surface area contributed by atoms with Gasteiger partial charge in [-0.15, -0.1) is 5.10 Å². The minimum absolute atomic E-state index is 0.0252. The van der Waals surface area contributed by atoms with Crippen molar-refractivity contribution in [3.63, 3.8) is 0 Å². The van der Waals surface area contributed by atoms with E-state index in [2.05, 4.69) is 20.3 Å². The van der Waals surface area contributed by atoms with Gasteiger partial charge in [0.1, 0.15) is 24.4 Å². The van der Waals surface area contributed by atoms with E-state index in [9.17, 15) is 24.9 Å². The van der Waals surface area contributed by atoms with Crippen LogP contribution in [0.25, 0.3) is 0 Å². The number of H-pyrrole nitrogens is 2. The second-order valence-electron chi connectivity index (χ2n) is 5.62. The van der Waals surface area contributed by atoms with Gasteiger partial charge in [0.25, 0.3) is 5.56 Å². The first-order chi connectivity index (χ1) is 11.4. The topological polar surface area (TPSA) is 166 Å². The van der Waals surface area contributed by atoms with Gasteiger partial charge in [0.15, 0.2) is 0 Å². The highest BCUT2D eigenvalue weighted by atomic mass is 16.6. The second kappa shape index (κ2) is 6.28. The molecule has 130 valence electrons. The highest BCUT2D eigenvalue weighted by molar-refractivity contribution is 5.26. The molecule has 1 aliphatic rings. The van der Waals surface area contributed by atoms with Crippen molar-refractivity contribution in [2.75, 3.05) is 6.61 Å². The van der Waals surface area contributed by atoms with Gasteiger partial charge in [-0.05, 0) is 0 Å². The summed E-state index contributed by atoms with van der Waals surface area (Å²) >= 11 is 0. The lowest BCUT2D eigenvalue weighted by molar-refractivity contribution is -0.0235. The molecule has 1 unspecified atom stereocenters. The van der Waals surface area contributed by atoms with Crippen LogP contribution >= 0.6 is 0 Å². The van der Waals surface area contributed by atoms with Crippen LogP contribution in [0.15, 0.2) is 15.8 Å². The van der Waals surface area contributed by atoms with Crippen LogP contribution in [0.4, 0.5) is 0 Å². The number of hydrogen-bond acceptors (Lipinski definition) is 8. The quantitative estimate of drug-likeness (QED) is 0.391. The van der Waals surface area contributed by atoms with Crippen LogP contribution in [0.3, 0.4) is 0 Å². The Bertz CT molecular complexity index is 842. The fourth-order valence-electron chi connectivity index (χ4n) is 2.78. The van der Waals surface area contributed by atoms with Crippen molar-refractivity contribution >= 4 is 0 Å². The van der Waals surface area contributed by atoms with Gasteiger partial charge in [-0.1, -0.05) is 5.21 Å². The molecule has 0 aliphatic carbocycles. The molecular weight excluding hydrogens is 322 g/mol. The first-order valence-electron chi connectivity index (χ1n) is 7.23. The average Bonchev–Trinajstić information content (AvgIpc) is 3.04. The smallest absolute Gasteiger partial charge is 0.325 e. The standard InChI is InChI=1S/C13H17N5O6/c1-18-3-5(16-17-18)2-6-8(12(22)15-13(23)14-6)11-10(21)9(20)7(4-19)24-11/h3,7,9-11,19-21H,2,4H2,1H3,(H2,14,15,22,23)/t7-,9?,10+,11+/m1/s1. The summed E-state index contributed by atoms with van der Waals surface area (Å²) in [4.78, 5) is 28.4. The van der Waals surface area contributed by atoms with Crippen LogP contribution in [-0.2, 0) is 18.2 Å². The van der Waals surface area contributed by atoms with Gasteiger partial charge in [-0.3, -0.25) is 14.5 Å². The summed E-state index contributed by atoms with van der Waals surface area (Å²) in [6.45, 7) is -0.518. The van der Waals surface area contributed by atoms with E-state index in [0.717, 1.165) is 0 Å². The number of nitrogens with one attached hydrogen (secondary N) is 2. The number of aliphatic hydroxyl groups is 3. The van der Waals surface area contributed by atoms with Crippen molar-refractivity contribution < 1.29 is 20.1 Å². The highest BCUT2D eigenvalue weighted by Gasteiger charge is 2.45. The maximum absolute atomic E-state index is 12.2. The highest BCUT2D eigenvalue weighted by Crippen LogP contribution is 2.33. The Labute approximate surface area is 134 Å². The number of aromatic nitrogens is 5. The molecule has 1 saturated heterocycles. The number of hydrogen-bond donors (Lipinski definition) is 5. The van der Waals surface area contributed by atoms with Crippen molar-refractivity contribution in [3.05, 3.63) is 44.0 Å². The molecule has 11 nitrogen and oxygen atoms in total. The molecule has 0 amide bonds. The summed E-state index contributed by atoms with van der Waals surface area (Å²) in [5.74, 6) is 0. The van der Waals surface area contributed by atoms with E-state index in [0.29, 0.717) is 5.69 Å². The SMILES string of the molecule is Cn1cc(Cc2[nH]c(=O)[nH]c(=O)c2[C@@H]2O[C@H](CO)C(O)[C@@H]2O)nn1. The summed E-state index contributed by atoms with van der Waals surface area (Å²) in [5.41, 5.74) is -0.796. The molecule has 0 aromatic carbocycles. The summed E-state index contributed by atoms with van der Waals surface area (Å²) in [6, 6.07) is 0. The van der Waals surface area contributed by atoms with E-state index in [-0.39, 0.29) is 17.7 Å². The molecular formula is C13H17N5O6. The Morgan fingerprint density at radius 3 is 2.62 bits per heavy atom. The molecule has 0 saturated carbocycles. The van der Waals surface area contributed by atoms with E-state index in [4.69, 9.17) is 4.74 Å². The van der Waals surface area contributed by atoms with Crippen LogP contribution in [0, 0.1) is 0 Å². The normalized spacial score (nSPS) is 26.8. The predicted molar refractivity (Wildman–Crippen MR) is 78.2 cm³/mol. The number of aromatic amines is 2. The number of ether oxygens (including phenoxy) is 1. The van der Waals surface area contributed by atoms with Crippen LogP contribution in [0.1, 0.15) is 23.1 Å². The Morgan fingerprint density at radius 2 is 2.04 bits per heavy atom. The molecule has 0 radical (unpaired) electrons. The summed E-state index contributed by atoms with van der Waals surface area (Å²) in [6.07, 6.45) is -3.30. The second-order valence-corrected chi connectivity index (χ2v) is 5.62. The third-order valence-electron chi connectivity index (χ3n) is 3.90. The Morgan fingerprint density at radius 1 is 1.29 bits per heavy atom. The number of rotatable bonds is 4. The fraction of sp³-hybridized carbons (Fsp3) is 0.538. The first kappa shape index (κ1) is 16.5. The molecule has 0 spiro atoms. The minimum Gasteiger partial charge on any atom is -0.394 e. The molecule has 4 atom stereocenters. The Hall–Kier alpha value is -2.34. The van der Waals surface area contributed by atoms with E-state index >= 15 is 0 Å². The summed E-state index contributed by atoms with van der Waals surface area (Å²) in [5, 5.41) is 36.9. The average molecular weight is 339 g/mol. The number of aliphatic hydroxyl groups excluding tert-OH is 3. The molecule has 11 heteroatoms. The van der Waals surface area contributed by atoms with Gasteiger partial charge in [0, 0.05) is 25.4 Å². The lowest BCUT2D eigenvalue weighted by atomic mass is 9.99. The summed E-state index contributed by atoms with van der Waals surface area (Å²) in [7, 11) is 1.67. The van der Waals surface area contributed by atoms with Gasteiger partial charge in [-0.2, -0.15) is 0 Å². The van der Waals surface area contributed by atoms with Crippen LogP contribution < -0.4 is 11.2 Å². The van der Waals surface area contributed by atoms with Crippen LogP contribution in [-0.4, -0.2) is 65.2 Å². The van der Waals surface area contributed by atoms with E-state index in [1.165, 1.54) is 4.68 Å². The van der Waals surface area contributed by atoms with Crippen molar-refractivity contribution in [1.82, 2.24) is 25.0 Å². The van der Waals surface area contributed by atoms with Crippen molar-refractivity contribution in [2.45, 2.75) is 30.8 Å². The van der Waals surface area contributed by atoms with Gasteiger partial charge in [0.2, 0.25) is 0 Å². The zero-order valence-electron chi connectivity index (χ0n) is 12.7.